The van der Waals surface area contributed by atoms with Gasteiger partial charge in [0.2, 0.25) is 0 Å². The Morgan fingerprint density at radius 2 is 2.06 bits per heavy atom. The van der Waals surface area contributed by atoms with Crippen LogP contribution in [0.15, 0.2) is 35.1 Å². The van der Waals surface area contributed by atoms with Crippen LogP contribution in [0.4, 0.5) is 13.2 Å². The molecule has 168 valence electrons. The zero-order chi connectivity index (χ0) is 23.3. The van der Waals surface area contributed by atoms with Crippen molar-refractivity contribution in [3.8, 4) is 11.5 Å². The van der Waals surface area contributed by atoms with Gasteiger partial charge in [0.1, 0.15) is 12.0 Å². The van der Waals surface area contributed by atoms with Crippen molar-refractivity contribution in [2.45, 2.75) is 19.1 Å². The average molecular weight is 457 g/mol. The molecule has 4 heterocycles. The van der Waals surface area contributed by atoms with Gasteiger partial charge in [0.25, 0.3) is 5.91 Å². The molecule has 5 aromatic rings. The maximum atomic E-state index is 12.9. The molecule has 0 saturated heterocycles. The summed E-state index contributed by atoms with van der Waals surface area (Å²) >= 11 is 0. The van der Waals surface area contributed by atoms with Crippen molar-refractivity contribution in [1.29, 1.82) is 0 Å². The molecule has 0 saturated carbocycles. The number of amides is 1. The lowest BCUT2D eigenvalue weighted by Crippen LogP contribution is -2.27. The fraction of sp³-hybridized carbons (Fsp3) is 0.211. The standard InChI is InChI=1S/C19H14F3N9O2/c1-8(25-18(32)15-14-17(24-7-23-15)31(2)30-28-14)13-6-12(29-33-13)16-26-10-4-3-9(19(20,21)22)5-11(10)27-16/h3-8H,1-2H3,(H,25,32)(H,26,27)/t8-/m0/s1. The SMILES string of the molecule is C[C@H](NC(=O)c1ncnc2c1nnn2C)c1cc(-c2nc3ccc(C(F)(F)F)cc3[nH]2)no1. The molecule has 0 aliphatic rings. The number of imidazole rings is 1. The Bertz CT molecular complexity index is 1500. The highest BCUT2D eigenvalue weighted by Gasteiger charge is 2.31. The molecule has 0 aliphatic carbocycles. The van der Waals surface area contributed by atoms with E-state index in [9.17, 15) is 18.0 Å². The molecule has 0 fully saturated rings. The smallest absolute Gasteiger partial charge is 0.358 e. The van der Waals surface area contributed by atoms with Gasteiger partial charge in [0, 0.05) is 13.1 Å². The molecule has 0 spiro atoms. The van der Waals surface area contributed by atoms with E-state index >= 15 is 0 Å². The predicted molar refractivity (Wildman–Crippen MR) is 107 cm³/mol. The van der Waals surface area contributed by atoms with E-state index in [0.29, 0.717) is 16.9 Å². The minimum atomic E-state index is -4.46. The highest BCUT2D eigenvalue weighted by atomic mass is 19.4. The summed E-state index contributed by atoms with van der Waals surface area (Å²) in [4.78, 5) is 27.8. The van der Waals surface area contributed by atoms with Crippen molar-refractivity contribution in [2.75, 3.05) is 0 Å². The summed E-state index contributed by atoms with van der Waals surface area (Å²) in [7, 11) is 1.64. The van der Waals surface area contributed by atoms with Gasteiger partial charge in [0.05, 0.1) is 22.6 Å². The van der Waals surface area contributed by atoms with E-state index in [1.165, 1.54) is 23.1 Å². The first kappa shape index (κ1) is 20.5. The fourth-order valence-electron chi connectivity index (χ4n) is 3.27. The van der Waals surface area contributed by atoms with E-state index in [4.69, 9.17) is 4.52 Å². The molecule has 1 atom stereocenters. The number of halogens is 3. The molecule has 0 unspecified atom stereocenters. The van der Waals surface area contributed by atoms with Crippen LogP contribution in [0.3, 0.4) is 0 Å². The molecule has 11 nitrogen and oxygen atoms in total. The number of aromatic amines is 1. The minimum absolute atomic E-state index is 0.0532. The summed E-state index contributed by atoms with van der Waals surface area (Å²) in [6, 6.07) is 4.13. The molecule has 2 N–H and O–H groups in total. The number of nitrogens with zero attached hydrogens (tertiary/aromatic N) is 7. The lowest BCUT2D eigenvalue weighted by molar-refractivity contribution is -0.137. The molecule has 33 heavy (non-hydrogen) atoms. The van der Waals surface area contributed by atoms with Gasteiger partial charge in [-0.15, -0.1) is 5.10 Å². The Morgan fingerprint density at radius 1 is 1.24 bits per heavy atom. The number of alkyl halides is 3. The van der Waals surface area contributed by atoms with Crippen molar-refractivity contribution in [3.05, 3.63) is 47.6 Å². The van der Waals surface area contributed by atoms with E-state index in [1.54, 1.807) is 14.0 Å². The largest absolute Gasteiger partial charge is 0.416 e. The van der Waals surface area contributed by atoms with Crippen LogP contribution in [-0.4, -0.2) is 46.0 Å². The summed E-state index contributed by atoms with van der Waals surface area (Å²) in [6.45, 7) is 1.67. The first-order chi connectivity index (χ1) is 15.7. The first-order valence-electron chi connectivity index (χ1n) is 9.56. The molecule has 0 aliphatic heterocycles. The van der Waals surface area contributed by atoms with Crippen LogP contribution in [0.2, 0.25) is 0 Å². The maximum Gasteiger partial charge on any atom is 0.416 e. The molecule has 14 heteroatoms. The highest BCUT2D eigenvalue weighted by Crippen LogP contribution is 2.32. The lowest BCUT2D eigenvalue weighted by Gasteiger charge is -2.09. The van der Waals surface area contributed by atoms with Crippen molar-refractivity contribution in [2.24, 2.45) is 7.05 Å². The summed E-state index contributed by atoms with van der Waals surface area (Å²) < 4.78 is 45.6. The topological polar surface area (TPSA) is 140 Å². The van der Waals surface area contributed by atoms with E-state index in [2.05, 4.69) is 40.7 Å². The van der Waals surface area contributed by atoms with Gasteiger partial charge in [-0.1, -0.05) is 10.4 Å². The number of aromatic nitrogens is 8. The van der Waals surface area contributed by atoms with Crippen LogP contribution < -0.4 is 5.32 Å². The summed E-state index contributed by atoms with van der Waals surface area (Å²) in [5.74, 6) is 0.0194. The van der Waals surface area contributed by atoms with E-state index < -0.39 is 23.7 Å². The molecule has 0 bridgehead atoms. The number of rotatable bonds is 4. The second-order valence-electron chi connectivity index (χ2n) is 7.23. The van der Waals surface area contributed by atoms with Crippen LogP contribution in [0, 0.1) is 0 Å². The van der Waals surface area contributed by atoms with Gasteiger partial charge < -0.3 is 14.8 Å². The average Bonchev–Trinajstić information content (AvgIpc) is 3.50. The van der Waals surface area contributed by atoms with Gasteiger partial charge in [-0.25, -0.2) is 19.6 Å². The summed E-state index contributed by atoms with van der Waals surface area (Å²) in [5.41, 5.74) is 0.755. The van der Waals surface area contributed by atoms with Crippen LogP contribution >= 0.6 is 0 Å². The first-order valence-corrected chi connectivity index (χ1v) is 9.56. The van der Waals surface area contributed by atoms with Crippen LogP contribution in [0.5, 0.6) is 0 Å². The molecule has 0 radical (unpaired) electrons. The third-order valence-corrected chi connectivity index (χ3v) is 4.96. The van der Waals surface area contributed by atoms with E-state index in [1.807, 2.05) is 0 Å². The van der Waals surface area contributed by atoms with Gasteiger partial charge in [0.15, 0.2) is 28.4 Å². The van der Waals surface area contributed by atoms with Gasteiger partial charge in [-0.3, -0.25) is 4.79 Å². The van der Waals surface area contributed by atoms with Crippen LogP contribution in [-0.2, 0) is 13.2 Å². The number of hydrogen-bond donors (Lipinski definition) is 2. The quantitative estimate of drug-likeness (QED) is 0.420. The highest BCUT2D eigenvalue weighted by molar-refractivity contribution is 6.02. The molecular weight excluding hydrogens is 443 g/mol. The second-order valence-corrected chi connectivity index (χ2v) is 7.23. The van der Waals surface area contributed by atoms with Crippen molar-refractivity contribution >= 4 is 28.1 Å². The van der Waals surface area contributed by atoms with E-state index in [-0.39, 0.29) is 28.2 Å². The third-order valence-electron chi connectivity index (χ3n) is 4.96. The Morgan fingerprint density at radius 3 is 2.85 bits per heavy atom. The fourth-order valence-corrected chi connectivity index (χ4v) is 3.27. The summed E-state index contributed by atoms with van der Waals surface area (Å²) in [6.07, 6.45) is -3.22. The minimum Gasteiger partial charge on any atom is -0.358 e. The zero-order valence-electron chi connectivity index (χ0n) is 17.0. The van der Waals surface area contributed by atoms with Crippen LogP contribution in [0.1, 0.15) is 34.8 Å². The number of aryl methyl sites for hydroxylation is 1. The molecular formula is C19H14F3N9O2. The number of H-pyrrole nitrogens is 1. The van der Waals surface area contributed by atoms with Gasteiger partial charge >= 0.3 is 6.18 Å². The molecule has 4 aromatic heterocycles. The summed E-state index contributed by atoms with van der Waals surface area (Å²) in [5, 5.41) is 14.4. The molecule has 1 aromatic carbocycles. The Balaban J connectivity index is 1.37. The zero-order valence-corrected chi connectivity index (χ0v) is 17.0. The molecule has 1 amide bonds. The van der Waals surface area contributed by atoms with Gasteiger partial charge in [-0.05, 0) is 25.1 Å². The van der Waals surface area contributed by atoms with Crippen molar-refractivity contribution in [3.63, 3.8) is 0 Å². The number of carbonyl (C=O) groups excluding carboxylic acids is 1. The Labute approximate surface area is 182 Å². The Kier molecular flexibility index (Phi) is 4.58. The lowest BCUT2D eigenvalue weighted by atomic mass is 10.2. The van der Waals surface area contributed by atoms with E-state index in [0.717, 1.165) is 12.1 Å². The van der Waals surface area contributed by atoms with Crippen molar-refractivity contribution in [1.82, 2.24) is 45.4 Å². The number of carbonyl (C=O) groups is 1. The van der Waals surface area contributed by atoms with Gasteiger partial charge in [-0.2, -0.15) is 13.2 Å². The predicted octanol–water partition coefficient (Wildman–Crippen LogP) is 2.80. The van der Waals surface area contributed by atoms with Crippen molar-refractivity contribution < 1.29 is 22.5 Å². The van der Waals surface area contributed by atoms with Crippen LogP contribution in [0.25, 0.3) is 33.7 Å². The third kappa shape index (κ3) is 3.64. The normalized spacial score (nSPS) is 13.0. The second kappa shape index (κ2) is 7.36. The maximum absolute atomic E-state index is 12.9. The molecule has 5 rings (SSSR count). The number of nitrogens with one attached hydrogen (secondary N) is 2. The monoisotopic (exact) mass is 457 g/mol. The number of hydrogen-bond acceptors (Lipinski definition) is 8. The number of fused-ring (bicyclic) bond motifs is 2. The Hall–Kier alpha value is -4.36. The number of benzene rings is 1.